The maximum Gasteiger partial charge on any atom is 0.221 e. The lowest BCUT2D eigenvalue weighted by Crippen LogP contribution is -2.09. The third kappa shape index (κ3) is 3.52. The van der Waals surface area contributed by atoms with E-state index in [-0.39, 0.29) is 5.91 Å². The SMILES string of the molecule is CCNc1nc2cc(Cl)c(NC(C)=O)cc2nc1NCC. The van der Waals surface area contributed by atoms with Gasteiger partial charge in [-0.15, -0.1) is 0 Å². The van der Waals surface area contributed by atoms with Crippen LogP contribution in [-0.4, -0.2) is 29.0 Å². The van der Waals surface area contributed by atoms with E-state index < -0.39 is 0 Å². The van der Waals surface area contributed by atoms with Gasteiger partial charge in [-0.05, 0) is 26.0 Å². The minimum Gasteiger partial charge on any atom is -0.367 e. The lowest BCUT2D eigenvalue weighted by molar-refractivity contribution is -0.114. The van der Waals surface area contributed by atoms with Gasteiger partial charge < -0.3 is 16.0 Å². The van der Waals surface area contributed by atoms with Crippen LogP contribution in [0.2, 0.25) is 5.02 Å². The van der Waals surface area contributed by atoms with Crippen molar-refractivity contribution in [2.24, 2.45) is 0 Å². The number of benzene rings is 1. The zero-order valence-corrected chi connectivity index (χ0v) is 13.0. The molecule has 0 saturated heterocycles. The fraction of sp³-hybridized carbons (Fsp3) is 0.357. The second-order valence-electron chi connectivity index (χ2n) is 4.48. The first kappa shape index (κ1) is 15.3. The van der Waals surface area contributed by atoms with Crippen LogP contribution < -0.4 is 16.0 Å². The molecule has 0 atom stereocenters. The van der Waals surface area contributed by atoms with Crippen LogP contribution in [0, 0.1) is 0 Å². The molecule has 3 N–H and O–H groups in total. The van der Waals surface area contributed by atoms with Crippen molar-refractivity contribution < 1.29 is 4.79 Å². The summed E-state index contributed by atoms with van der Waals surface area (Å²) in [5.41, 5.74) is 1.87. The second-order valence-corrected chi connectivity index (χ2v) is 4.89. The molecular weight excluding hydrogens is 290 g/mol. The van der Waals surface area contributed by atoms with E-state index in [1.54, 1.807) is 12.1 Å². The van der Waals surface area contributed by atoms with E-state index in [0.717, 1.165) is 13.1 Å². The lowest BCUT2D eigenvalue weighted by atomic mass is 10.2. The quantitative estimate of drug-likeness (QED) is 0.791. The summed E-state index contributed by atoms with van der Waals surface area (Å²) < 4.78 is 0. The van der Waals surface area contributed by atoms with Crippen molar-refractivity contribution in [3.05, 3.63) is 17.2 Å². The van der Waals surface area contributed by atoms with E-state index in [4.69, 9.17) is 11.6 Å². The summed E-state index contributed by atoms with van der Waals surface area (Å²) in [5.74, 6) is 1.19. The first-order valence-electron chi connectivity index (χ1n) is 6.81. The van der Waals surface area contributed by atoms with Crippen molar-refractivity contribution in [1.29, 1.82) is 0 Å². The molecule has 0 aliphatic heterocycles. The third-order valence-corrected chi connectivity index (χ3v) is 3.06. The molecule has 1 heterocycles. The zero-order valence-electron chi connectivity index (χ0n) is 12.2. The van der Waals surface area contributed by atoms with Gasteiger partial charge in [-0.25, -0.2) is 9.97 Å². The molecular formula is C14H18ClN5O. The van der Waals surface area contributed by atoms with Gasteiger partial charge in [0.1, 0.15) is 0 Å². The molecule has 6 nitrogen and oxygen atoms in total. The number of carbonyl (C=O) groups is 1. The molecule has 0 unspecified atom stereocenters. The number of nitrogens with zero attached hydrogens (tertiary/aromatic N) is 2. The molecule has 1 aromatic carbocycles. The van der Waals surface area contributed by atoms with E-state index in [0.29, 0.717) is 33.4 Å². The van der Waals surface area contributed by atoms with Crippen LogP contribution in [0.3, 0.4) is 0 Å². The Morgan fingerprint density at radius 3 is 2.10 bits per heavy atom. The number of fused-ring (bicyclic) bond motifs is 1. The third-order valence-electron chi connectivity index (χ3n) is 2.75. The monoisotopic (exact) mass is 307 g/mol. The molecule has 0 saturated carbocycles. The van der Waals surface area contributed by atoms with Gasteiger partial charge in [0.05, 0.1) is 21.7 Å². The summed E-state index contributed by atoms with van der Waals surface area (Å²) in [5, 5.41) is 9.46. The molecule has 7 heteroatoms. The standard InChI is InChI=1S/C14H18ClN5O/c1-4-16-13-14(17-5-2)20-12-7-10(18-8(3)21)9(15)6-11(12)19-13/h6-7H,4-5H2,1-3H3,(H,16,19)(H,17,20)(H,18,21). The number of carbonyl (C=O) groups excluding carboxylic acids is 1. The van der Waals surface area contributed by atoms with E-state index in [2.05, 4.69) is 25.9 Å². The lowest BCUT2D eigenvalue weighted by Gasteiger charge is -2.12. The molecule has 112 valence electrons. The minimum atomic E-state index is -0.180. The molecule has 1 aromatic heterocycles. The van der Waals surface area contributed by atoms with Gasteiger partial charge in [0.2, 0.25) is 5.91 Å². The predicted molar refractivity (Wildman–Crippen MR) is 87.2 cm³/mol. The van der Waals surface area contributed by atoms with Crippen LogP contribution in [0.5, 0.6) is 0 Å². The fourth-order valence-electron chi connectivity index (χ4n) is 1.94. The number of aromatic nitrogens is 2. The Morgan fingerprint density at radius 1 is 1.10 bits per heavy atom. The normalized spacial score (nSPS) is 10.5. The van der Waals surface area contributed by atoms with E-state index >= 15 is 0 Å². The maximum atomic E-state index is 11.2. The van der Waals surface area contributed by atoms with Gasteiger partial charge in [-0.2, -0.15) is 0 Å². The number of halogens is 1. The largest absolute Gasteiger partial charge is 0.367 e. The van der Waals surface area contributed by atoms with Gasteiger partial charge in [0, 0.05) is 20.0 Å². The smallest absolute Gasteiger partial charge is 0.221 e. The molecule has 1 amide bonds. The van der Waals surface area contributed by atoms with Gasteiger partial charge in [0.15, 0.2) is 11.6 Å². The van der Waals surface area contributed by atoms with Gasteiger partial charge in [0.25, 0.3) is 0 Å². The highest BCUT2D eigenvalue weighted by atomic mass is 35.5. The van der Waals surface area contributed by atoms with Crippen LogP contribution in [0.4, 0.5) is 17.3 Å². The summed E-state index contributed by atoms with van der Waals surface area (Å²) >= 11 is 6.16. The summed E-state index contributed by atoms with van der Waals surface area (Å²) in [7, 11) is 0. The second kappa shape index (κ2) is 6.58. The molecule has 2 aromatic rings. The van der Waals surface area contributed by atoms with Crippen molar-refractivity contribution >= 4 is 45.9 Å². The van der Waals surface area contributed by atoms with E-state index in [1.165, 1.54) is 6.92 Å². The van der Waals surface area contributed by atoms with Crippen molar-refractivity contribution in [2.45, 2.75) is 20.8 Å². The maximum absolute atomic E-state index is 11.2. The van der Waals surface area contributed by atoms with Crippen LogP contribution in [0.1, 0.15) is 20.8 Å². The highest BCUT2D eigenvalue weighted by Gasteiger charge is 2.11. The molecule has 2 rings (SSSR count). The fourth-order valence-corrected chi connectivity index (χ4v) is 2.15. The van der Waals surface area contributed by atoms with Crippen LogP contribution >= 0.6 is 11.6 Å². The first-order chi connectivity index (χ1) is 10.0. The summed E-state index contributed by atoms with van der Waals surface area (Å²) in [6.07, 6.45) is 0. The van der Waals surface area contributed by atoms with Gasteiger partial charge in [-0.1, -0.05) is 11.6 Å². The Labute approximate surface area is 128 Å². The summed E-state index contributed by atoms with van der Waals surface area (Å²) in [4.78, 5) is 20.3. The van der Waals surface area contributed by atoms with Crippen LogP contribution in [-0.2, 0) is 4.79 Å². The molecule has 0 radical (unpaired) electrons. The van der Waals surface area contributed by atoms with Crippen molar-refractivity contribution in [3.63, 3.8) is 0 Å². The number of amides is 1. The Hall–Kier alpha value is -2.08. The molecule has 0 bridgehead atoms. The number of nitrogens with one attached hydrogen (secondary N) is 3. The Bertz CT molecular complexity index is 674. The number of hydrogen-bond donors (Lipinski definition) is 3. The first-order valence-corrected chi connectivity index (χ1v) is 7.19. The van der Waals surface area contributed by atoms with Crippen molar-refractivity contribution in [2.75, 3.05) is 29.0 Å². The van der Waals surface area contributed by atoms with Gasteiger partial charge in [-0.3, -0.25) is 4.79 Å². The molecule has 0 aliphatic carbocycles. The van der Waals surface area contributed by atoms with Crippen molar-refractivity contribution in [1.82, 2.24) is 9.97 Å². The Kier molecular flexibility index (Phi) is 4.80. The molecule has 0 fully saturated rings. The van der Waals surface area contributed by atoms with Crippen LogP contribution in [0.25, 0.3) is 11.0 Å². The Morgan fingerprint density at radius 2 is 1.62 bits per heavy atom. The van der Waals surface area contributed by atoms with Crippen LogP contribution in [0.15, 0.2) is 12.1 Å². The highest BCUT2D eigenvalue weighted by molar-refractivity contribution is 6.34. The van der Waals surface area contributed by atoms with E-state index in [9.17, 15) is 4.79 Å². The number of hydrogen-bond acceptors (Lipinski definition) is 5. The number of rotatable bonds is 5. The Balaban J connectivity index is 2.55. The van der Waals surface area contributed by atoms with Crippen molar-refractivity contribution in [3.8, 4) is 0 Å². The summed E-state index contributed by atoms with van der Waals surface area (Å²) in [6, 6.07) is 3.42. The predicted octanol–water partition coefficient (Wildman–Crippen LogP) is 3.11. The molecule has 0 aliphatic rings. The molecule has 0 spiro atoms. The molecule has 21 heavy (non-hydrogen) atoms. The van der Waals surface area contributed by atoms with Gasteiger partial charge >= 0.3 is 0 Å². The number of anilines is 3. The average Bonchev–Trinajstić information content (AvgIpc) is 2.41. The summed E-state index contributed by atoms with van der Waals surface area (Å²) in [6.45, 7) is 6.91. The van der Waals surface area contributed by atoms with E-state index in [1.807, 2.05) is 13.8 Å². The zero-order chi connectivity index (χ0) is 15.4. The highest BCUT2D eigenvalue weighted by Crippen LogP contribution is 2.29. The average molecular weight is 308 g/mol. The topological polar surface area (TPSA) is 78.9 Å². The minimum absolute atomic E-state index is 0.180.